The maximum Gasteiger partial charge on any atom is 0.291 e. The van der Waals surface area contributed by atoms with Gasteiger partial charge in [0, 0.05) is 11.3 Å². The number of hydrogen-bond acceptors (Lipinski definition) is 6. The Morgan fingerprint density at radius 1 is 1.12 bits per heavy atom. The monoisotopic (exact) mass is 466 g/mol. The van der Waals surface area contributed by atoms with Crippen molar-refractivity contribution in [3.63, 3.8) is 0 Å². The molecule has 1 aliphatic heterocycles. The number of benzene rings is 1. The van der Waals surface area contributed by atoms with Crippen molar-refractivity contribution in [3.8, 4) is 11.5 Å². The minimum absolute atomic E-state index is 0.143. The van der Waals surface area contributed by atoms with Crippen LogP contribution in [0.5, 0.6) is 11.5 Å². The number of carbonyl (C=O) groups is 1. The van der Waals surface area contributed by atoms with Crippen molar-refractivity contribution in [1.82, 2.24) is 19.5 Å². The van der Waals surface area contributed by atoms with E-state index in [4.69, 9.17) is 9.47 Å². The predicted octanol–water partition coefficient (Wildman–Crippen LogP) is 3.48. The summed E-state index contributed by atoms with van der Waals surface area (Å²) < 4.78 is 15.5. The first kappa shape index (κ1) is 21.5. The lowest BCUT2D eigenvalue weighted by Crippen LogP contribution is -2.36. The van der Waals surface area contributed by atoms with E-state index in [1.54, 1.807) is 11.3 Å². The molecule has 0 spiro atoms. The Labute approximate surface area is 194 Å². The summed E-state index contributed by atoms with van der Waals surface area (Å²) in [4.78, 5) is 27.2. The molecule has 1 amide bonds. The lowest BCUT2D eigenvalue weighted by molar-refractivity contribution is -0.122. The molecular formula is C24H26N4O4S. The summed E-state index contributed by atoms with van der Waals surface area (Å²) in [6.45, 7) is 6.91. The Kier molecular flexibility index (Phi) is 5.57. The summed E-state index contributed by atoms with van der Waals surface area (Å²) in [7, 11) is 0. The zero-order valence-electron chi connectivity index (χ0n) is 18.9. The van der Waals surface area contributed by atoms with Crippen LogP contribution in [0.25, 0.3) is 15.7 Å². The molecule has 8 nitrogen and oxygen atoms in total. The highest BCUT2D eigenvalue weighted by molar-refractivity contribution is 7.19. The van der Waals surface area contributed by atoms with Gasteiger partial charge in [-0.2, -0.15) is 5.10 Å². The quantitative estimate of drug-likeness (QED) is 0.470. The summed E-state index contributed by atoms with van der Waals surface area (Å²) in [5.41, 5.74) is 2.20. The third-order valence-electron chi connectivity index (χ3n) is 5.89. The fourth-order valence-electron chi connectivity index (χ4n) is 4.19. The zero-order valence-corrected chi connectivity index (χ0v) is 19.7. The van der Waals surface area contributed by atoms with Gasteiger partial charge in [-0.25, -0.2) is 4.68 Å². The van der Waals surface area contributed by atoms with Crippen LogP contribution in [0.1, 0.15) is 43.1 Å². The standard InChI is InChI=1S/C24H26N4O4S/c1-4-16-11-17-21(33-16)12-18-24(30)27(26-22(5-2)28(17)18)13-23(29)25-14(3)15-6-7-19-20(10-15)32-9-8-31-19/h6-7,10-12,14H,4-5,8-9,13H2,1-3H3,(H,25,29)/t14-/m1/s1. The van der Waals surface area contributed by atoms with Crippen LogP contribution in [0, 0.1) is 0 Å². The number of nitrogens with zero attached hydrogens (tertiary/aromatic N) is 3. The Balaban J connectivity index is 1.40. The Hall–Kier alpha value is -3.33. The summed E-state index contributed by atoms with van der Waals surface area (Å²) in [5, 5.41) is 7.49. The fourth-order valence-corrected chi connectivity index (χ4v) is 5.21. The molecule has 9 heteroatoms. The van der Waals surface area contributed by atoms with Crippen molar-refractivity contribution in [1.29, 1.82) is 0 Å². The number of fused-ring (bicyclic) bond motifs is 4. The molecule has 4 aromatic rings. The summed E-state index contributed by atoms with van der Waals surface area (Å²) >= 11 is 1.69. The topological polar surface area (TPSA) is 86.9 Å². The van der Waals surface area contributed by atoms with Gasteiger partial charge in [-0.1, -0.05) is 19.9 Å². The molecule has 4 heterocycles. The van der Waals surface area contributed by atoms with Gasteiger partial charge >= 0.3 is 0 Å². The molecule has 1 aliphatic rings. The number of aromatic nitrogens is 3. The van der Waals surface area contributed by atoms with E-state index in [0.29, 0.717) is 36.7 Å². The van der Waals surface area contributed by atoms with Gasteiger partial charge in [0.05, 0.1) is 16.3 Å². The molecule has 33 heavy (non-hydrogen) atoms. The maximum absolute atomic E-state index is 13.1. The van der Waals surface area contributed by atoms with Crippen LogP contribution in [0.2, 0.25) is 0 Å². The van der Waals surface area contributed by atoms with Crippen molar-refractivity contribution >= 4 is 33.0 Å². The second-order valence-electron chi connectivity index (χ2n) is 8.11. The van der Waals surface area contributed by atoms with E-state index >= 15 is 0 Å². The minimum Gasteiger partial charge on any atom is -0.486 e. The molecule has 0 radical (unpaired) electrons. The number of carbonyl (C=O) groups excluding carboxylic acids is 1. The summed E-state index contributed by atoms with van der Waals surface area (Å²) in [5.74, 6) is 1.86. The van der Waals surface area contributed by atoms with Crippen LogP contribution in [0.4, 0.5) is 0 Å². The van der Waals surface area contributed by atoms with Crippen molar-refractivity contribution in [2.45, 2.75) is 46.2 Å². The molecule has 5 rings (SSSR count). The van der Waals surface area contributed by atoms with E-state index in [-0.39, 0.29) is 24.1 Å². The van der Waals surface area contributed by atoms with Gasteiger partial charge < -0.3 is 14.8 Å². The van der Waals surface area contributed by atoms with Gasteiger partial charge in [-0.3, -0.25) is 14.0 Å². The maximum atomic E-state index is 13.1. The first-order chi connectivity index (χ1) is 16.0. The van der Waals surface area contributed by atoms with Gasteiger partial charge in [0.2, 0.25) is 5.91 Å². The second-order valence-corrected chi connectivity index (χ2v) is 9.27. The SMILES string of the molecule is CCc1cc2c(cc3c(=O)n(CC(=O)N[C@H](C)c4ccc5c(c4)OCCO5)nc(CC)n32)s1. The highest BCUT2D eigenvalue weighted by Gasteiger charge is 2.19. The average Bonchev–Trinajstić information content (AvgIpc) is 3.38. The molecule has 172 valence electrons. The molecule has 0 saturated heterocycles. The van der Waals surface area contributed by atoms with E-state index in [9.17, 15) is 9.59 Å². The first-order valence-corrected chi connectivity index (χ1v) is 12.0. The molecule has 0 unspecified atom stereocenters. The van der Waals surface area contributed by atoms with Gasteiger partial charge in [0.1, 0.15) is 31.1 Å². The van der Waals surface area contributed by atoms with Crippen molar-refractivity contribution in [2.75, 3.05) is 13.2 Å². The third kappa shape index (κ3) is 3.86. The van der Waals surface area contributed by atoms with Crippen LogP contribution < -0.4 is 20.3 Å². The number of nitrogens with one attached hydrogen (secondary N) is 1. The smallest absolute Gasteiger partial charge is 0.291 e. The molecule has 0 aliphatic carbocycles. The lowest BCUT2D eigenvalue weighted by atomic mass is 10.1. The zero-order chi connectivity index (χ0) is 23.1. The first-order valence-electron chi connectivity index (χ1n) is 11.2. The lowest BCUT2D eigenvalue weighted by Gasteiger charge is -2.21. The van der Waals surface area contributed by atoms with E-state index in [2.05, 4.69) is 23.4 Å². The van der Waals surface area contributed by atoms with Crippen molar-refractivity contribution in [3.05, 3.63) is 57.0 Å². The Bertz CT molecular complexity index is 1420. The Morgan fingerprint density at radius 3 is 2.67 bits per heavy atom. The van der Waals surface area contributed by atoms with Crippen molar-refractivity contribution < 1.29 is 14.3 Å². The molecular weight excluding hydrogens is 440 g/mol. The fraction of sp³-hybridized carbons (Fsp3) is 0.375. The normalized spacial score (nSPS) is 14.0. The number of hydrogen-bond donors (Lipinski definition) is 1. The van der Waals surface area contributed by atoms with E-state index in [1.165, 1.54) is 9.56 Å². The number of thiophene rings is 1. The van der Waals surface area contributed by atoms with Crippen LogP contribution >= 0.6 is 11.3 Å². The van der Waals surface area contributed by atoms with Gasteiger partial charge in [0.15, 0.2) is 11.5 Å². The highest BCUT2D eigenvalue weighted by atomic mass is 32.1. The molecule has 1 N–H and O–H groups in total. The van der Waals surface area contributed by atoms with Crippen LogP contribution in [-0.2, 0) is 24.2 Å². The average molecular weight is 467 g/mol. The Morgan fingerprint density at radius 2 is 1.91 bits per heavy atom. The predicted molar refractivity (Wildman–Crippen MR) is 128 cm³/mol. The van der Waals surface area contributed by atoms with E-state index in [0.717, 1.165) is 28.0 Å². The molecule has 3 aromatic heterocycles. The molecule has 1 atom stereocenters. The molecule has 0 bridgehead atoms. The van der Waals surface area contributed by atoms with E-state index in [1.807, 2.05) is 42.5 Å². The number of aryl methyl sites for hydroxylation is 2. The van der Waals surface area contributed by atoms with Gasteiger partial charge in [0.25, 0.3) is 5.56 Å². The molecule has 1 aromatic carbocycles. The van der Waals surface area contributed by atoms with Crippen molar-refractivity contribution in [2.24, 2.45) is 0 Å². The van der Waals surface area contributed by atoms with Crippen LogP contribution in [-0.4, -0.2) is 33.3 Å². The summed E-state index contributed by atoms with van der Waals surface area (Å²) in [6, 6.07) is 9.41. The van der Waals surface area contributed by atoms with E-state index < -0.39 is 0 Å². The molecule has 0 saturated carbocycles. The van der Waals surface area contributed by atoms with Crippen LogP contribution in [0.15, 0.2) is 35.1 Å². The van der Waals surface area contributed by atoms with Gasteiger partial charge in [-0.15, -0.1) is 11.3 Å². The minimum atomic E-state index is -0.278. The number of rotatable bonds is 6. The van der Waals surface area contributed by atoms with Gasteiger partial charge in [-0.05, 0) is 43.2 Å². The highest BCUT2D eigenvalue weighted by Crippen LogP contribution is 2.32. The number of ether oxygens (including phenoxy) is 2. The summed E-state index contributed by atoms with van der Waals surface area (Å²) in [6.07, 6.45) is 1.60. The van der Waals surface area contributed by atoms with Crippen LogP contribution in [0.3, 0.4) is 0 Å². The largest absolute Gasteiger partial charge is 0.486 e. The number of amides is 1. The third-order valence-corrected chi connectivity index (χ3v) is 7.11. The second kappa shape index (κ2) is 8.55. The molecule has 0 fully saturated rings.